The quantitative estimate of drug-likeness (QED) is 0.0678. The van der Waals surface area contributed by atoms with Crippen LogP contribution in [0.1, 0.15) is 67.7 Å². The summed E-state index contributed by atoms with van der Waals surface area (Å²) in [7, 11) is 4.71. The van der Waals surface area contributed by atoms with Gasteiger partial charge in [-0.2, -0.15) is 0 Å². The lowest BCUT2D eigenvalue weighted by atomic mass is 9.95. The number of nitrogens with one attached hydrogen (secondary N) is 2. The number of fused-ring (bicyclic) bond motifs is 1. The Morgan fingerprint density at radius 1 is 0.742 bits per heavy atom. The van der Waals surface area contributed by atoms with Gasteiger partial charge in [0.05, 0.1) is 27.9 Å². The summed E-state index contributed by atoms with van der Waals surface area (Å²) in [5.74, 6) is -0.407. The number of benzene rings is 4. The lowest BCUT2D eigenvalue weighted by Gasteiger charge is -2.28. The molecule has 2 heterocycles. The average molecular weight is 863 g/mol. The largest absolute Gasteiger partial charge is 0.497 e. The van der Waals surface area contributed by atoms with Crippen molar-refractivity contribution in [2.45, 2.75) is 83.5 Å². The first kappa shape index (κ1) is 45.6. The molecule has 1 aliphatic heterocycles. The number of ether oxygens (including phenoxy) is 3. The number of hydrogen-bond donors (Lipinski definition) is 2. The fourth-order valence-corrected chi connectivity index (χ4v) is 8.67. The van der Waals surface area contributed by atoms with Gasteiger partial charge in [0.25, 0.3) is 0 Å². The molecular weight excluding hydrogens is 805 g/mol. The van der Waals surface area contributed by atoms with Crippen LogP contribution in [0.2, 0.25) is 0 Å². The number of hydroxylamine groups is 2. The predicted octanol–water partition coefficient (Wildman–Crippen LogP) is 7.66. The van der Waals surface area contributed by atoms with Crippen LogP contribution in [0.5, 0.6) is 17.2 Å². The van der Waals surface area contributed by atoms with Gasteiger partial charge >= 0.3 is 0 Å². The van der Waals surface area contributed by atoms with Crippen LogP contribution in [0.3, 0.4) is 0 Å². The van der Waals surface area contributed by atoms with Crippen molar-refractivity contribution in [3.05, 3.63) is 125 Å². The third kappa shape index (κ3) is 12.3. The molecule has 0 aliphatic carbocycles. The van der Waals surface area contributed by atoms with Crippen molar-refractivity contribution in [3.8, 4) is 17.2 Å². The molecule has 0 unspecified atom stereocenters. The second kappa shape index (κ2) is 22.8. The maximum Gasteiger partial charge on any atom is 0.247 e. The van der Waals surface area contributed by atoms with Crippen molar-refractivity contribution in [2.75, 3.05) is 34.4 Å². The third-order valence-corrected chi connectivity index (χ3v) is 12.3. The minimum absolute atomic E-state index is 0.0361. The molecule has 13 heteroatoms. The third-order valence-electron chi connectivity index (χ3n) is 11.3. The van der Waals surface area contributed by atoms with Crippen molar-refractivity contribution < 1.29 is 38.2 Å². The summed E-state index contributed by atoms with van der Waals surface area (Å²) < 4.78 is 17.4. The molecule has 2 N–H and O–H groups in total. The van der Waals surface area contributed by atoms with Gasteiger partial charge < -0.3 is 29.7 Å². The maximum absolute atomic E-state index is 14.6. The second-order valence-electron chi connectivity index (χ2n) is 15.6. The molecule has 62 heavy (non-hydrogen) atoms. The lowest BCUT2D eigenvalue weighted by molar-refractivity contribution is -0.197. The van der Waals surface area contributed by atoms with E-state index in [1.807, 2.05) is 102 Å². The van der Waals surface area contributed by atoms with Gasteiger partial charge in [0.2, 0.25) is 23.6 Å². The first-order chi connectivity index (χ1) is 30.2. The van der Waals surface area contributed by atoms with Gasteiger partial charge in [-0.3, -0.25) is 24.0 Å². The highest BCUT2D eigenvalue weighted by Crippen LogP contribution is 2.29. The van der Waals surface area contributed by atoms with E-state index in [0.717, 1.165) is 46.0 Å². The van der Waals surface area contributed by atoms with Gasteiger partial charge in [-0.05, 0) is 77.1 Å². The van der Waals surface area contributed by atoms with E-state index in [1.54, 1.807) is 44.8 Å². The summed E-state index contributed by atoms with van der Waals surface area (Å²) >= 11 is 1.57. The molecular formula is C49H58N4O8S. The first-order valence-electron chi connectivity index (χ1n) is 21.3. The number of carbonyl (C=O) groups is 4. The van der Waals surface area contributed by atoms with E-state index in [1.165, 1.54) is 5.06 Å². The standard InChI is InChI=1S/C49H58N4O8S/c1-5-6-16-36(29-46(54)53(61-32-35-19-22-39(58-2)23-20-35)31-37-21-24-40(59-3)30-44(37)60-4)47(55)50-42(28-38-33-62-45-18-11-10-17-41(38)45)48(56)51-43(27-34-14-8-7-9-15-34)49(57)52-25-12-13-26-52/h7-11,14-15,17-24,30,33,36,42-43H,5-6,12-13,16,25-29,31-32H2,1-4H3,(H,50,55)(H,51,56)/t36-,42+,43+/m1/s1. The summed E-state index contributed by atoms with van der Waals surface area (Å²) in [6, 6.07) is 28.4. The molecule has 0 saturated carbocycles. The van der Waals surface area contributed by atoms with Gasteiger partial charge in [0, 0.05) is 54.6 Å². The van der Waals surface area contributed by atoms with Crippen LogP contribution >= 0.6 is 11.3 Å². The number of rotatable bonds is 22. The van der Waals surface area contributed by atoms with Crippen molar-refractivity contribution in [1.29, 1.82) is 0 Å². The molecule has 1 aromatic heterocycles. The molecule has 4 aromatic carbocycles. The smallest absolute Gasteiger partial charge is 0.247 e. The van der Waals surface area contributed by atoms with Crippen LogP contribution in [0.15, 0.2) is 102 Å². The van der Waals surface area contributed by atoms with E-state index >= 15 is 0 Å². The highest BCUT2D eigenvalue weighted by molar-refractivity contribution is 7.17. The summed E-state index contributed by atoms with van der Waals surface area (Å²) in [6.07, 6.45) is 4.04. The normalized spacial score (nSPS) is 13.8. The fraction of sp³-hybridized carbons (Fsp3) is 0.388. The molecule has 1 saturated heterocycles. The molecule has 0 bridgehead atoms. The zero-order chi connectivity index (χ0) is 43.8. The van der Waals surface area contributed by atoms with E-state index in [4.69, 9.17) is 19.0 Å². The topological polar surface area (TPSA) is 136 Å². The van der Waals surface area contributed by atoms with E-state index in [9.17, 15) is 19.2 Å². The summed E-state index contributed by atoms with van der Waals surface area (Å²) in [5.41, 5.74) is 3.32. The minimum atomic E-state index is -1.03. The Morgan fingerprint density at radius 2 is 1.44 bits per heavy atom. The summed E-state index contributed by atoms with van der Waals surface area (Å²) in [5, 5.41) is 10.4. The summed E-state index contributed by atoms with van der Waals surface area (Å²) in [4.78, 5) is 65.6. The Morgan fingerprint density at radius 3 is 2.15 bits per heavy atom. The van der Waals surface area contributed by atoms with Crippen LogP contribution < -0.4 is 24.8 Å². The van der Waals surface area contributed by atoms with Gasteiger partial charge in [-0.1, -0.05) is 80.4 Å². The zero-order valence-electron chi connectivity index (χ0n) is 36.1. The number of nitrogens with zero attached hydrogens (tertiary/aromatic N) is 2. The molecule has 0 spiro atoms. The number of carbonyl (C=O) groups excluding carboxylic acids is 4. The summed E-state index contributed by atoms with van der Waals surface area (Å²) in [6.45, 7) is 3.42. The van der Waals surface area contributed by atoms with Gasteiger partial charge in [-0.25, -0.2) is 5.06 Å². The van der Waals surface area contributed by atoms with Gasteiger partial charge in [-0.15, -0.1) is 11.3 Å². The van der Waals surface area contributed by atoms with Crippen molar-refractivity contribution in [2.24, 2.45) is 5.92 Å². The number of unbranched alkanes of at least 4 members (excludes halogenated alkanes) is 1. The number of thiophene rings is 1. The van der Waals surface area contributed by atoms with Crippen LogP contribution in [-0.2, 0) is 50.0 Å². The van der Waals surface area contributed by atoms with Crippen molar-refractivity contribution in [1.82, 2.24) is 20.6 Å². The highest BCUT2D eigenvalue weighted by atomic mass is 32.1. The molecule has 0 radical (unpaired) electrons. The van der Waals surface area contributed by atoms with E-state index < -0.39 is 35.7 Å². The van der Waals surface area contributed by atoms with Gasteiger partial charge in [0.15, 0.2) is 0 Å². The number of likely N-dealkylation sites (tertiary alicyclic amines) is 1. The lowest BCUT2D eigenvalue weighted by Crippen LogP contribution is -2.56. The Hall–Kier alpha value is -5.92. The Bertz CT molecular complexity index is 2240. The Kier molecular flexibility index (Phi) is 16.8. The Balaban J connectivity index is 1.26. The van der Waals surface area contributed by atoms with E-state index in [-0.39, 0.29) is 31.9 Å². The second-order valence-corrected chi connectivity index (χ2v) is 16.5. The monoisotopic (exact) mass is 862 g/mol. The van der Waals surface area contributed by atoms with E-state index in [2.05, 4.69) is 10.6 Å². The van der Waals surface area contributed by atoms with Crippen LogP contribution in [0.25, 0.3) is 10.1 Å². The zero-order valence-corrected chi connectivity index (χ0v) is 36.9. The number of methoxy groups -OCH3 is 3. The molecule has 3 atom stereocenters. The average Bonchev–Trinajstić information content (AvgIpc) is 4.00. The van der Waals surface area contributed by atoms with Crippen LogP contribution in [0.4, 0.5) is 0 Å². The maximum atomic E-state index is 14.6. The number of hydrogen-bond acceptors (Lipinski definition) is 9. The van der Waals surface area contributed by atoms with Crippen LogP contribution in [0, 0.1) is 5.92 Å². The van der Waals surface area contributed by atoms with Crippen molar-refractivity contribution >= 4 is 45.1 Å². The molecule has 328 valence electrons. The predicted molar refractivity (Wildman–Crippen MR) is 241 cm³/mol. The molecule has 1 aliphatic rings. The van der Waals surface area contributed by atoms with E-state index in [0.29, 0.717) is 55.2 Å². The SMILES string of the molecule is CCCC[C@H](CC(=O)N(Cc1ccc(OC)cc1OC)OCc1ccc(OC)cc1)C(=O)N[C@@H](Cc1csc2ccccc12)C(=O)N[C@@H](Cc1ccccc1)C(=O)N1CCCC1. The molecule has 12 nitrogen and oxygen atoms in total. The van der Waals surface area contributed by atoms with Crippen molar-refractivity contribution in [3.63, 3.8) is 0 Å². The molecule has 5 aromatic rings. The molecule has 6 rings (SSSR count). The molecule has 4 amide bonds. The minimum Gasteiger partial charge on any atom is -0.497 e. The van der Waals surface area contributed by atoms with Gasteiger partial charge in [0.1, 0.15) is 35.9 Å². The highest BCUT2D eigenvalue weighted by Gasteiger charge is 2.34. The first-order valence-corrected chi connectivity index (χ1v) is 22.2. The van der Waals surface area contributed by atoms with Crippen LogP contribution in [-0.4, -0.2) is 80.1 Å². The Labute approximate surface area is 368 Å². The number of amides is 4. The fourth-order valence-electron chi connectivity index (χ4n) is 7.70. The molecule has 1 fully saturated rings.